The second-order valence-corrected chi connectivity index (χ2v) is 13.3. The number of rotatable bonds is 11. The smallest absolute Gasteiger partial charge is 0.251 e. The van der Waals surface area contributed by atoms with Gasteiger partial charge in [0, 0.05) is 36.9 Å². The Labute approximate surface area is 261 Å². The van der Waals surface area contributed by atoms with Gasteiger partial charge in [0.1, 0.15) is 0 Å². The number of nitrogens with zero attached hydrogens (tertiary/aromatic N) is 1. The monoisotopic (exact) mass is 626 g/mol. The molecule has 5 rings (SSSR count). The molecule has 1 unspecified atom stereocenters. The number of hydrogen-bond acceptors (Lipinski definition) is 6. The molecular formula is C33H43ClN4O4S. The zero-order valence-corrected chi connectivity index (χ0v) is 26.3. The molecular weight excluding hydrogens is 584 g/mol. The van der Waals surface area contributed by atoms with E-state index in [-0.39, 0.29) is 30.1 Å². The van der Waals surface area contributed by atoms with Gasteiger partial charge in [-0.1, -0.05) is 54.6 Å². The number of benzene rings is 3. The molecule has 1 aliphatic carbocycles. The van der Waals surface area contributed by atoms with Crippen LogP contribution in [0.5, 0.6) is 0 Å². The maximum atomic E-state index is 13.7. The molecule has 0 saturated carbocycles. The van der Waals surface area contributed by atoms with E-state index in [4.69, 9.17) is 0 Å². The number of anilines is 2. The number of aryl methyl sites for hydroxylation is 1. The molecule has 4 N–H and O–H groups in total. The number of hydrogen-bond donors (Lipinski definition) is 4. The Bertz CT molecular complexity index is 1470. The van der Waals surface area contributed by atoms with Crippen molar-refractivity contribution in [1.29, 1.82) is 0 Å². The highest BCUT2D eigenvalue weighted by atomic mass is 35.5. The average Bonchev–Trinajstić information content (AvgIpc) is 2.99. The standard InChI is InChI=1S/C33H42N4O4S.ClH/c1-2-34-27-20-26(21-28(22-27)37-17-8-9-18-42(37,40)41)33(39)36-31(19-24-11-4-3-5-12-24)32(38)23-35-30-16-10-14-25-13-6-7-15-29(25)30;/h3-7,11-13,15,20-22,30-32,34-35,38H,2,8-10,14,16-19,23H2,1H3,(H,36,39);1H/t30?,31-,32+;/m0./s1. The minimum absolute atomic E-state index is 0. The number of carbonyl (C=O) groups excluding carboxylic acids is 1. The van der Waals surface area contributed by atoms with E-state index in [1.807, 2.05) is 37.3 Å². The molecule has 1 fully saturated rings. The summed E-state index contributed by atoms with van der Waals surface area (Å²) in [5.41, 5.74) is 5.14. The average molecular weight is 627 g/mol. The minimum Gasteiger partial charge on any atom is -0.390 e. The molecule has 10 heteroatoms. The van der Waals surface area contributed by atoms with E-state index >= 15 is 0 Å². The Morgan fingerprint density at radius 2 is 1.79 bits per heavy atom. The topological polar surface area (TPSA) is 111 Å². The summed E-state index contributed by atoms with van der Waals surface area (Å²) >= 11 is 0. The van der Waals surface area contributed by atoms with Gasteiger partial charge in [-0.15, -0.1) is 12.4 Å². The van der Waals surface area contributed by atoms with Crippen molar-refractivity contribution in [2.24, 2.45) is 0 Å². The number of fused-ring (bicyclic) bond motifs is 1. The Balaban J connectivity index is 0.00000423. The molecule has 0 aromatic heterocycles. The van der Waals surface area contributed by atoms with Crippen LogP contribution < -0.4 is 20.3 Å². The van der Waals surface area contributed by atoms with Crippen molar-refractivity contribution in [3.05, 3.63) is 95.1 Å². The lowest BCUT2D eigenvalue weighted by Crippen LogP contribution is -2.49. The number of aliphatic hydroxyl groups excluding tert-OH is 1. The van der Waals surface area contributed by atoms with E-state index in [9.17, 15) is 18.3 Å². The van der Waals surface area contributed by atoms with Gasteiger partial charge in [-0.25, -0.2) is 8.42 Å². The number of sulfonamides is 1. The summed E-state index contributed by atoms with van der Waals surface area (Å²) < 4.78 is 27.1. The molecule has 2 aliphatic rings. The summed E-state index contributed by atoms with van der Waals surface area (Å²) in [7, 11) is -3.44. The molecule has 8 nitrogen and oxygen atoms in total. The highest BCUT2D eigenvalue weighted by molar-refractivity contribution is 7.92. The van der Waals surface area contributed by atoms with Crippen LogP contribution in [-0.2, 0) is 22.9 Å². The van der Waals surface area contributed by atoms with Crippen molar-refractivity contribution >= 4 is 39.7 Å². The summed E-state index contributed by atoms with van der Waals surface area (Å²) in [5, 5.41) is 21.3. The van der Waals surface area contributed by atoms with Gasteiger partial charge in [0.05, 0.1) is 23.6 Å². The summed E-state index contributed by atoms with van der Waals surface area (Å²) in [6.07, 6.45) is 4.18. The third-order valence-corrected chi connectivity index (χ3v) is 10.1. The Morgan fingerprint density at radius 3 is 2.56 bits per heavy atom. The number of carbonyl (C=O) groups is 1. The molecule has 1 amide bonds. The predicted molar refractivity (Wildman–Crippen MR) is 176 cm³/mol. The Hall–Kier alpha value is -3.11. The molecule has 3 aromatic carbocycles. The lowest BCUT2D eigenvalue weighted by molar-refractivity contribution is 0.0823. The van der Waals surface area contributed by atoms with Gasteiger partial charge in [-0.2, -0.15) is 0 Å². The summed E-state index contributed by atoms with van der Waals surface area (Å²) in [6, 6.07) is 23.0. The number of amides is 1. The molecule has 0 bridgehead atoms. The molecule has 1 saturated heterocycles. The highest BCUT2D eigenvalue weighted by Gasteiger charge is 2.29. The van der Waals surface area contributed by atoms with E-state index in [0.29, 0.717) is 49.4 Å². The second kappa shape index (κ2) is 15.1. The molecule has 1 aliphatic heterocycles. The quantitative estimate of drug-likeness (QED) is 0.242. The SMILES string of the molecule is CCNc1cc(C(=O)N[C@@H](Cc2ccccc2)[C@H](O)CNC2CCCc3ccccc32)cc(N2CCCCS2(=O)=O)c1.Cl. The Kier molecular flexibility index (Phi) is 11.5. The van der Waals surface area contributed by atoms with Crippen molar-refractivity contribution in [3.63, 3.8) is 0 Å². The van der Waals surface area contributed by atoms with Crippen molar-refractivity contribution in [1.82, 2.24) is 10.6 Å². The molecule has 232 valence electrons. The number of aliphatic hydroxyl groups is 1. The highest BCUT2D eigenvalue weighted by Crippen LogP contribution is 2.30. The van der Waals surface area contributed by atoms with Crippen molar-refractivity contribution < 1.29 is 18.3 Å². The summed E-state index contributed by atoms with van der Waals surface area (Å²) in [4.78, 5) is 13.7. The molecule has 0 radical (unpaired) electrons. The van der Waals surface area contributed by atoms with Crippen LogP contribution in [0.4, 0.5) is 11.4 Å². The maximum absolute atomic E-state index is 13.7. The van der Waals surface area contributed by atoms with Gasteiger partial charge in [-0.05, 0) is 80.3 Å². The third kappa shape index (κ3) is 8.29. The van der Waals surface area contributed by atoms with Crippen LogP contribution in [0, 0.1) is 0 Å². The minimum atomic E-state index is -3.44. The fraction of sp³-hybridized carbons (Fsp3) is 0.424. The largest absolute Gasteiger partial charge is 0.390 e. The van der Waals surface area contributed by atoms with Crippen molar-refractivity contribution in [2.75, 3.05) is 35.0 Å². The van der Waals surface area contributed by atoms with E-state index in [1.165, 1.54) is 15.4 Å². The van der Waals surface area contributed by atoms with Gasteiger partial charge in [-0.3, -0.25) is 9.10 Å². The van der Waals surface area contributed by atoms with Crippen molar-refractivity contribution in [2.45, 2.75) is 63.6 Å². The first-order chi connectivity index (χ1) is 20.3. The zero-order chi connectivity index (χ0) is 29.5. The lowest BCUT2D eigenvalue weighted by atomic mass is 9.87. The van der Waals surface area contributed by atoms with Gasteiger partial charge in [0.2, 0.25) is 10.0 Å². The van der Waals surface area contributed by atoms with E-state index in [0.717, 1.165) is 31.2 Å². The van der Waals surface area contributed by atoms with E-state index in [2.05, 4.69) is 40.2 Å². The van der Waals surface area contributed by atoms with Crippen LogP contribution >= 0.6 is 12.4 Å². The normalized spacial score (nSPS) is 18.9. The second-order valence-electron chi connectivity index (χ2n) is 11.3. The molecule has 3 aromatic rings. The molecule has 0 spiro atoms. The summed E-state index contributed by atoms with van der Waals surface area (Å²) in [6.45, 7) is 3.30. The van der Waals surface area contributed by atoms with Gasteiger partial charge >= 0.3 is 0 Å². The Morgan fingerprint density at radius 1 is 1.02 bits per heavy atom. The molecule has 1 heterocycles. The van der Waals surface area contributed by atoms with Crippen LogP contribution in [0.3, 0.4) is 0 Å². The fourth-order valence-electron chi connectivity index (χ4n) is 6.05. The predicted octanol–water partition coefficient (Wildman–Crippen LogP) is 4.84. The fourth-order valence-corrected chi connectivity index (χ4v) is 7.67. The van der Waals surface area contributed by atoms with Crippen LogP contribution in [-0.4, -0.2) is 57.0 Å². The first-order valence-corrected chi connectivity index (χ1v) is 16.7. The van der Waals surface area contributed by atoms with Gasteiger partial charge in [0.15, 0.2) is 0 Å². The summed E-state index contributed by atoms with van der Waals surface area (Å²) in [5.74, 6) is -0.252. The maximum Gasteiger partial charge on any atom is 0.251 e. The van der Waals surface area contributed by atoms with Gasteiger partial charge in [0.25, 0.3) is 5.91 Å². The number of nitrogens with one attached hydrogen (secondary N) is 3. The van der Waals surface area contributed by atoms with E-state index in [1.54, 1.807) is 18.2 Å². The van der Waals surface area contributed by atoms with Gasteiger partial charge < -0.3 is 21.1 Å². The first-order valence-electron chi connectivity index (χ1n) is 15.1. The number of halogens is 1. The van der Waals surface area contributed by atoms with Crippen LogP contribution in [0.2, 0.25) is 0 Å². The van der Waals surface area contributed by atoms with Crippen LogP contribution in [0.25, 0.3) is 0 Å². The third-order valence-electron chi connectivity index (χ3n) is 8.22. The zero-order valence-electron chi connectivity index (χ0n) is 24.7. The molecule has 43 heavy (non-hydrogen) atoms. The molecule has 3 atom stereocenters. The van der Waals surface area contributed by atoms with Crippen molar-refractivity contribution in [3.8, 4) is 0 Å². The van der Waals surface area contributed by atoms with Crippen LogP contribution in [0.15, 0.2) is 72.8 Å². The first kappa shape index (κ1) is 32.8. The van der Waals surface area contributed by atoms with E-state index < -0.39 is 22.2 Å². The van der Waals surface area contributed by atoms with Crippen LogP contribution in [0.1, 0.15) is 65.7 Å². The lowest BCUT2D eigenvalue weighted by Gasteiger charge is -2.30.